The molecule has 2 fully saturated rings. The van der Waals surface area contributed by atoms with Crippen LogP contribution < -0.4 is 10.1 Å². The molecule has 39 heavy (non-hydrogen) atoms. The monoisotopic (exact) mass is 585 g/mol. The van der Waals surface area contributed by atoms with Crippen LogP contribution in [0, 0.1) is 0 Å². The van der Waals surface area contributed by atoms with Crippen molar-refractivity contribution in [3.63, 3.8) is 0 Å². The third-order valence-electron chi connectivity index (χ3n) is 7.72. The van der Waals surface area contributed by atoms with Crippen molar-refractivity contribution in [2.24, 2.45) is 0 Å². The zero-order chi connectivity index (χ0) is 28.0. The Labute approximate surface area is 229 Å². The average molecular weight is 586 g/mol. The molecule has 2 aromatic rings. The van der Waals surface area contributed by atoms with E-state index >= 15 is 0 Å². The van der Waals surface area contributed by atoms with Gasteiger partial charge in [0.05, 0.1) is 28.0 Å². The van der Waals surface area contributed by atoms with Gasteiger partial charge in [0.25, 0.3) is 5.91 Å². The van der Waals surface area contributed by atoms with Gasteiger partial charge in [0.1, 0.15) is 12.4 Å². The number of carbonyl (C=O) groups is 2. The smallest absolute Gasteiger partial charge is 0.417 e. The van der Waals surface area contributed by atoms with Crippen molar-refractivity contribution in [1.29, 1.82) is 0 Å². The Morgan fingerprint density at radius 1 is 1.05 bits per heavy atom. The van der Waals surface area contributed by atoms with Crippen molar-refractivity contribution < 1.29 is 35.9 Å². The third kappa shape index (κ3) is 5.59. The van der Waals surface area contributed by atoms with E-state index in [-0.39, 0.29) is 42.9 Å². The summed E-state index contributed by atoms with van der Waals surface area (Å²) in [6.45, 7) is 1.49. The SMILES string of the molecule is O=C(c1ccc(OCCN2CCC3(CC2)C(=O)Nc2ccc(Cl)cc23)cc1C(F)(F)F)N1CCS(=O)(=O)CC1. The van der Waals surface area contributed by atoms with Crippen LogP contribution in [-0.4, -0.2) is 80.9 Å². The molecule has 0 radical (unpaired) electrons. The van der Waals surface area contributed by atoms with E-state index in [1.807, 2.05) is 6.07 Å². The maximum absolute atomic E-state index is 13.8. The van der Waals surface area contributed by atoms with Crippen LogP contribution in [0.3, 0.4) is 0 Å². The second-order valence-electron chi connectivity index (χ2n) is 10.1. The number of sulfone groups is 1. The zero-order valence-corrected chi connectivity index (χ0v) is 22.5. The minimum atomic E-state index is -4.80. The summed E-state index contributed by atoms with van der Waals surface area (Å²) in [7, 11) is -3.29. The van der Waals surface area contributed by atoms with Crippen LogP contribution in [0.1, 0.15) is 34.3 Å². The summed E-state index contributed by atoms with van der Waals surface area (Å²) >= 11 is 6.17. The highest BCUT2D eigenvalue weighted by molar-refractivity contribution is 7.91. The molecule has 1 spiro atoms. The lowest BCUT2D eigenvalue weighted by Gasteiger charge is -2.38. The number of alkyl halides is 3. The highest BCUT2D eigenvalue weighted by atomic mass is 35.5. The summed E-state index contributed by atoms with van der Waals surface area (Å²) in [5.41, 5.74) is -0.626. The Bertz CT molecular complexity index is 1390. The van der Waals surface area contributed by atoms with Gasteiger partial charge in [-0.1, -0.05) is 11.6 Å². The van der Waals surface area contributed by atoms with Gasteiger partial charge >= 0.3 is 6.18 Å². The molecule has 0 saturated carbocycles. The van der Waals surface area contributed by atoms with Gasteiger partial charge in [0, 0.05) is 30.3 Å². The first-order valence-electron chi connectivity index (χ1n) is 12.6. The van der Waals surface area contributed by atoms with Gasteiger partial charge in [-0.15, -0.1) is 0 Å². The molecule has 3 aliphatic heterocycles. The van der Waals surface area contributed by atoms with E-state index in [0.29, 0.717) is 37.5 Å². The molecular formula is C26H27ClF3N3O5S. The molecule has 8 nitrogen and oxygen atoms in total. The Balaban J connectivity index is 1.20. The normalized spacial score (nSPS) is 20.5. The number of anilines is 1. The van der Waals surface area contributed by atoms with Gasteiger partial charge in [-0.25, -0.2) is 8.42 Å². The van der Waals surface area contributed by atoms with Gasteiger partial charge in [-0.2, -0.15) is 13.2 Å². The van der Waals surface area contributed by atoms with Crippen molar-refractivity contribution in [3.8, 4) is 5.75 Å². The summed E-state index contributed by atoms with van der Waals surface area (Å²) < 4.78 is 70.3. The van der Waals surface area contributed by atoms with Gasteiger partial charge < -0.3 is 15.0 Å². The molecule has 2 aromatic carbocycles. The number of hydrogen-bond acceptors (Lipinski definition) is 6. The van der Waals surface area contributed by atoms with Crippen molar-refractivity contribution in [2.75, 3.05) is 56.2 Å². The number of amides is 2. The molecule has 13 heteroatoms. The van der Waals surface area contributed by atoms with E-state index in [9.17, 15) is 31.2 Å². The summed E-state index contributed by atoms with van der Waals surface area (Å²) in [5.74, 6) is -1.47. The Morgan fingerprint density at radius 3 is 2.41 bits per heavy atom. The molecule has 0 aromatic heterocycles. The van der Waals surface area contributed by atoms with Crippen molar-refractivity contribution in [3.05, 3.63) is 58.1 Å². The van der Waals surface area contributed by atoms with Crippen LogP contribution in [0.2, 0.25) is 5.02 Å². The molecule has 3 heterocycles. The number of ether oxygens (including phenoxy) is 1. The van der Waals surface area contributed by atoms with Crippen molar-refractivity contribution >= 4 is 38.9 Å². The number of halogens is 4. The quantitative estimate of drug-likeness (QED) is 0.576. The second kappa shape index (κ2) is 10.3. The summed E-state index contributed by atoms with van der Waals surface area (Å²) in [6.07, 6.45) is -3.63. The molecule has 0 aliphatic carbocycles. The zero-order valence-electron chi connectivity index (χ0n) is 20.9. The number of fused-ring (bicyclic) bond motifs is 2. The lowest BCUT2D eigenvalue weighted by molar-refractivity contribution is -0.138. The summed E-state index contributed by atoms with van der Waals surface area (Å²) in [4.78, 5) is 28.8. The van der Waals surface area contributed by atoms with Crippen molar-refractivity contribution in [1.82, 2.24) is 9.80 Å². The fraction of sp³-hybridized carbons (Fsp3) is 0.462. The molecule has 2 amide bonds. The number of nitrogens with zero attached hydrogens (tertiary/aromatic N) is 2. The third-order valence-corrected chi connectivity index (χ3v) is 9.57. The van der Waals surface area contributed by atoms with Crippen LogP contribution in [0.25, 0.3) is 0 Å². The van der Waals surface area contributed by atoms with Crippen LogP contribution in [0.5, 0.6) is 5.75 Å². The van der Waals surface area contributed by atoms with Gasteiger partial charge in [-0.05, 0) is 67.9 Å². The molecule has 1 N–H and O–H groups in total. The lowest BCUT2D eigenvalue weighted by Crippen LogP contribution is -2.47. The number of rotatable bonds is 5. The van der Waals surface area contributed by atoms with Crippen LogP contribution in [-0.2, 0) is 26.2 Å². The van der Waals surface area contributed by atoms with Crippen LogP contribution in [0.15, 0.2) is 36.4 Å². The van der Waals surface area contributed by atoms with E-state index in [4.69, 9.17) is 16.3 Å². The minimum absolute atomic E-state index is 0.0210. The maximum Gasteiger partial charge on any atom is 0.417 e. The summed E-state index contributed by atoms with van der Waals surface area (Å²) in [6, 6.07) is 8.57. The Morgan fingerprint density at radius 2 is 1.74 bits per heavy atom. The molecule has 5 rings (SSSR count). The molecule has 3 aliphatic rings. The molecule has 0 unspecified atom stereocenters. The van der Waals surface area contributed by atoms with Gasteiger partial charge in [0.15, 0.2) is 9.84 Å². The first-order valence-corrected chi connectivity index (χ1v) is 14.8. The van der Waals surface area contributed by atoms with Gasteiger partial charge in [-0.3, -0.25) is 14.5 Å². The lowest BCUT2D eigenvalue weighted by atomic mass is 9.73. The second-order valence-corrected chi connectivity index (χ2v) is 12.8. The number of likely N-dealkylation sites (tertiary alicyclic amines) is 1. The van der Waals surface area contributed by atoms with E-state index in [2.05, 4.69) is 10.2 Å². The Kier molecular flexibility index (Phi) is 7.32. The average Bonchev–Trinajstić information content (AvgIpc) is 3.14. The summed E-state index contributed by atoms with van der Waals surface area (Å²) in [5, 5.41) is 3.50. The minimum Gasteiger partial charge on any atom is -0.492 e. The maximum atomic E-state index is 13.8. The number of nitrogens with one attached hydrogen (secondary N) is 1. The number of hydrogen-bond donors (Lipinski definition) is 1. The molecule has 0 atom stereocenters. The van der Waals surface area contributed by atoms with E-state index in [1.165, 1.54) is 6.07 Å². The molecule has 2 saturated heterocycles. The molecule has 210 valence electrons. The number of benzene rings is 2. The largest absolute Gasteiger partial charge is 0.492 e. The number of piperidine rings is 1. The molecule has 0 bridgehead atoms. The van der Waals surface area contributed by atoms with Crippen LogP contribution >= 0.6 is 11.6 Å². The highest BCUT2D eigenvalue weighted by Gasteiger charge is 2.48. The van der Waals surface area contributed by atoms with E-state index in [0.717, 1.165) is 28.3 Å². The van der Waals surface area contributed by atoms with Crippen LogP contribution in [0.4, 0.5) is 18.9 Å². The van der Waals surface area contributed by atoms with Gasteiger partial charge in [0.2, 0.25) is 5.91 Å². The first kappa shape index (κ1) is 27.7. The predicted octanol–water partition coefficient (Wildman–Crippen LogP) is 3.59. The fourth-order valence-electron chi connectivity index (χ4n) is 5.45. The standard InChI is InChI=1S/C26H27ClF3N3O5S/c27-17-1-4-22-21(15-17)25(24(35)31-22)5-7-32(8-6-25)9-12-38-18-2-3-19(20(16-18)26(28,29)30)23(34)33-10-13-39(36,37)14-11-33/h1-4,15-16H,5-14H2,(H,31,35). The first-order chi connectivity index (χ1) is 18.4. The number of carbonyl (C=O) groups excluding carboxylic acids is 2. The predicted molar refractivity (Wildman–Crippen MR) is 139 cm³/mol. The van der Waals surface area contributed by atoms with E-state index < -0.39 is 38.5 Å². The topological polar surface area (TPSA) is 96.0 Å². The van der Waals surface area contributed by atoms with E-state index in [1.54, 1.807) is 12.1 Å². The fourth-order valence-corrected chi connectivity index (χ4v) is 6.83. The molecular weight excluding hydrogens is 559 g/mol. The van der Waals surface area contributed by atoms with Crippen molar-refractivity contribution in [2.45, 2.75) is 24.4 Å². The highest BCUT2D eigenvalue weighted by Crippen LogP contribution is 2.45. The Hall–Kier alpha value is -2.83.